The van der Waals surface area contributed by atoms with Crippen LogP contribution in [-0.2, 0) is 6.54 Å². The molecule has 18 heavy (non-hydrogen) atoms. The molecule has 3 nitrogen and oxygen atoms in total. The monoisotopic (exact) mass is 250 g/mol. The Balaban J connectivity index is 0.00000162. The van der Waals surface area contributed by atoms with E-state index in [0.29, 0.717) is 0 Å². The van der Waals surface area contributed by atoms with Crippen molar-refractivity contribution in [3.05, 3.63) is 23.9 Å². The van der Waals surface area contributed by atoms with E-state index in [9.17, 15) is 0 Å². The standard InChI is InChI=1S/C14H22N2O.CH4/c1-12(2)17-14-8-6-7-13(15-14)11-16-9-4-3-5-10-16;/h6-8,12H,3-5,9-11H2,1-2H3;1H4. The third-order valence-corrected chi connectivity index (χ3v) is 2.97. The number of hydrogen-bond donors (Lipinski definition) is 0. The highest BCUT2D eigenvalue weighted by molar-refractivity contribution is 5.16. The van der Waals surface area contributed by atoms with Crippen LogP contribution in [0.4, 0.5) is 0 Å². The second kappa shape index (κ2) is 7.37. The number of nitrogens with zero attached hydrogens (tertiary/aromatic N) is 2. The Hall–Kier alpha value is -1.09. The molecule has 2 heterocycles. The van der Waals surface area contributed by atoms with Crippen LogP contribution in [0.3, 0.4) is 0 Å². The Morgan fingerprint density at radius 1 is 1.22 bits per heavy atom. The minimum absolute atomic E-state index is 0. The molecule has 0 atom stereocenters. The minimum Gasteiger partial charge on any atom is -0.475 e. The van der Waals surface area contributed by atoms with Gasteiger partial charge in [-0.2, -0.15) is 0 Å². The molecule has 2 rings (SSSR count). The Bertz CT molecular complexity index is 346. The second-order valence-corrected chi connectivity index (χ2v) is 4.97. The van der Waals surface area contributed by atoms with Gasteiger partial charge in [0, 0.05) is 12.6 Å². The lowest BCUT2D eigenvalue weighted by atomic mass is 10.1. The summed E-state index contributed by atoms with van der Waals surface area (Å²) in [6, 6.07) is 6.05. The number of pyridine rings is 1. The summed E-state index contributed by atoms with van der Waals surface area (Å²) in [5.41, 5.74) is 1.12. The molecule has 1 saturated heterocycles. The quantitative estimate of drug-likeness (QED) is 0.818. The van der Waals surface area contributed by atoms with Gasteiger partial charge in [0.05, 0.1) is 11.8 Å². The molecule has 0 bridgehead atoms. The average molecular weight is 250 g/mol. The molecule has 0 unspecified atom stereocenters. The van der Waals surface area contributed by atoms with Crippen LogP contribution in [0.1, 0.15) is 46.2 Å². The summed E-state index contributed by atoms with van der Waals surface area (Å²) in [7, 11) is 0. The highest BCUT2D eigenvalue weighted by Gasteiger charge is 2.11. The topological polar surface area (TPSA) is 25.4 Å². The molecule has 1 aliphatic rings. The maximum Gasteiger partial charge on any atom is 0.213 e. The first kappa shape index (κ1) is 15.0. The summed E-state index contributed by atoms with van der Waals surface area (Å²) in [4.78, 5) is 7.02. The molecule has 1 aromatic heterocycles. The zero-order valence-corrected chi connectivity index (χ0v) is 10.9. The fraction of sp³-hybridized carbons (Fsp3) is 0.667. The van der Waals surface area contributed by atoms with Crippen LogP contribution in [0.25, 0.3) is 0 Å². The molecular formula is C15H26N2O. The molecule has 1 aliphatic heterocycles. The Morgan fingerprint density at radius 2 is 1.94 bits per heavy atom. The number of likely N-dealkylation sites (tertiary alicyclic amines) is 1. The first-order chi connectivity index (χ1) is 8.24. The molecule has 1 fully saturated rings. The van der Waals surface area contributed by atoms with Gasteiger partial charge in [-0.15, -0.1) is 0 Å². The summed E-state index contributed by atoms with van der Waals surface area (Å²) in [6.45, 7) is 7.42. The molecule has 0 radical (unpaired) electrons. The van der Waals surface area contributed by atoms with Gasteiger partial charge in [-0.25, -0.2) is 4.98 Å². The van der Waals surface area contributed by atoms with E-state index in [-0.39, 0.29) is 13.5 Å². The number of rotatable bonds is 4. The molecule has 3 heteroatoms. The van der Waals surface area contributed by atoms with Crippen LogP contribution in [0.15, 0.2) is 18.2 Å². The van der Waals surface area contributed by atoms with Gasteiger partial charge in [-0.3, -0.25) is 4.90 Å². The molecule has 1 aromatic rings. The van der Waals surface area contributed by atoms with Crippen molar-refractivity contribution >= 4 is 0 Å². The fourth-order valence-electron chi connectivity index (χ4n) is 2.20. The van der Waals surface area contributed by atoms with Gasteiger partial charge in [0.1, 0.15) is 0 Å². The normalized spacial score (nSPS) is 16.4. The lowest BCUT2D eigenvalue weighted by molar-refractivity contribution is 0.212. The van der Waals surface area contributed by atoms with E-state index in [1.807, 2.05) is 26.0 Å². The summed E-state index contributed by atoms with van der Waals surface area (Å²) in [5.74, 6) is 0.745. The van der Waals surface area contributed by atoms with Gasteiger partial charge in [0.25, 0.3) is 0 Å². The van der Waals surface area contributed by atoms with E-state index in [4.69, 9.17) is 4.74 Å². The highest BCUT2D eigenvalue weighted by Crippen LogP contribution is 2.14. The largest absolute Gasteiger partial charge is 0.475 e. The minimum atomic E-state index is 0. The zero-order chi connectivity index (χ0) is 12.1. The maximum atomic E-state index is 5.61. The zero-order valence-electron chi connectivity index (χ0n) is 10.9. The Labute approximate surface area is 111 Å². The lowest BCUT2D eigenvalue weighted by Crippen LogP contribution is -2.29. The summed E-state index contributed by atoms with van der Waals surface area (Å²) < 4.78 is 5.61. The molecule has 0 aromatic carbocycles. The average Bonchev–Trinajstić information content (AvgIpc) is 2.30. The van der Waals surface area contributed by atoms with Crippen molar-refractivity contribution in [2.75, 3.05) is 13.1 Å². The Morgan fingerprint density at radius 3 is 2.61 bits per heavy atom. The van der Waals surface area contributed by atoms with Crippen molar-refractivity contribution < 1.29 is 4.74 Å². The first-order valence-electron chi connectivity index (χ1n) is 6.59. The van der Waals surface area contributed by atoms with Gasteiger partial charge < -0.3 is 4.74 Å². The van der Waals surface area contributed by atoms with Gasteiger partial charge in [0.15, 0.2) is 0 Å². The molecule has 0 N–H and O–H groups in total. The highest BCUT2D eigenvalue weighted by atomic mass is 16.5. The number of aromatic nitrogens is 1. The SMILES string of the molecule is C.CC(C)Oc1cccc(CN2CCCCC2)n1. The summed E-state index contributed by atoms with van der Waals surface area (Å²) >= 11 is 0. The molecule has 0 amide bonds. The molecule has 0 spiro atoms. The van der Waals surface area contributed by atoms with Crippen molar-refractivity contribution in [2.24, 2.45) is 0 Å². The number of piperidine rings is 1. The van der Waals surface area contributed by atoms with Gasteiger partial charge in [-0.05, 0) is 45.8 Å². The number of hydrogen-bond acceptors (Lipinski definition) is 3. The van der Waals surface area contributed by atoms with Gasteiger partial charge in [0.2, 0.25) is 5.88 Å². The van der Waals surface area contributed by atoms with Crippen LogP contribution in [0.5, 0.6) is 5.88 Å². The van der Waals surface area contributed by atoms with Crippen LogP contribution in [0.2, 0.25) is 0 Å². The van der Waals surface area contributed by atoms with E-state index >= 15 is 0 Å². The van der Waals surface area contributed by atoms with E-state index in [1.54, 1.807) is 0 Å². The smallest absolute Gasteiger partial charge is 0.213 e. The lowest BCUT2D eigenvalue weighted by Gasteiger charge is -2.26. The fourth-order valence-corrected chi connectivity index (χ4v) is 2.20. The molecule has 0 saturated carbocycles. The second-order valence-electron chi connectivity index (χ2n) is 4.97. The third kappa shape index (κ3) is 4.65. The van der Waals surface area contributed by atoms with Crippen molar-refractivity contribution in [3.63, 3.8) is 0 Å². The van der Waals surface area contributed by atoms with Crippen molar-refractivity contribution in [2.45, 2.75) is 53.2 Å². The molecular weight excluding hydrogens is 224 g/mol. The predicted molar refractivity (Wildman–Crippen MR) is 75.9 cm³/mol. The molecule has 102 valence electrons. The van der Waals surface area contributed by atoms with E-state index in [2.05, 4.69) is 16.0 Å². The maximum absolute atomic E-state index is 5.61. The van der Waals surface area contributed by atoms with Gasteiger partial charge >= 0.3 is 0 Å². The van der Waals surface area contributed by atoms with Crippen LogP contribution in [0, 0.1) is 0 Å². The van der Waals surface area contributed by atoms with E-state index in [1.165, 1.54) is 32.4 Å². The third-order valence-electron chi connectivity index (χ3n) is 2.97. The van der Waals surface area contributed by atoms with E-state index in [0.717, 1.165) is 18.1 Å². The van der Waals surface area contributed by atoms with Crippen molar-refractivity contribution in [3.8, 4) is 5.88 Å². The molecule has 0 aliphatic carbocycles. The van der Waals surface area contributed by atoms with E-state index < -0.39 is 0 Å². The van der Waals surface area contributed by atoms with Crippen LogP contribution < -0.4 is 4.74 Å². The number of ether oxygens (including phenoxy) is 1. The van der Waals surface area contributed by atoms with Crippen LogP contribution >= 0.6 is 0 Å². The summed E-state index contributed by atoms with van der Waals surface area (Å²) in [5, 5.41) is 0. The summed E-state index contributed by atoms with van der Waals surface area (Å²) in [6.07, 6.45) is 4.21. The van der Waals surface area contributed by atoms with Crippen molar-refractivity contribution in [1.29, 1.82) is 0 Å². The van der Waals surface area contributed by atoms with Gasteiger partial charge in [-0.1, -0.05) is 19.9 Å². The van der Waals surface area contributed by atoms with Crippen LogP contribution in [-0.4, -0.2) is 29.1 Å². The van der Waals surface area contributed by atoms with Crippen molar-refractivity contribution in [1.82, 2.24) is 9.88 Å². The Kier molecular flexibility index (Phi) is 6.13. The predicted octanol–water partition coefficient (Wildman–Crippen LogP) is 3.49. The first-order valence-corrected chi connectivity index (χ1v) is 6.59.